The summed E-state index contributed by atoms with van der Waals surface area (Å²) in [4.78, 5) is 30.3. The molecule has 2 heterocycles. The van der Waals surface area contributed by atoms with Crippen LogP contribution in [0.25, 0.3) is 0 Å². The van der Waals surface area contributed by atoms with Crippen LogP contribution in [-0.2, 0) is 16.0 Å². The van der Waals surface area contributed by atoms with Crippen molar-refractivity contribution in [3.63, 3.8) is 0 Å². The number of nitrogens with one attached hydrogen (secondary N) is 1. The minimum Gasteiger partial charge on any atom is -0.351 e. The van der Waals surface area contributed by atoms with Gasteiger partial charge in [0.1, 0.15) is 0 Å². The number of halogens is 2. The van der Waals surface area contributed by atoms with Gasteiger partial charge in [0, 0.05) is 30.9 Å². The Hall–Kier alpha value is -0.890. The Morgan fingerprint density at radius 3 is 2.65 bits per heavy atom. The lowest BCUT2D eigenvalue weighted by Crippen LogP contribution is -2.46. The Morgan fingerprint density at radius 1 is 1.31 bits per heavy atom. The lowest BCUT2D eigenvalue weighted by atomic mass is 9.84. The van der Waals surface area contributed by atoms with E-state index in [9.17, 15) is 9.59 Å². The van der Waals surface area contributed by atoms with Gasteiger partial charge in [0.2, 0.25) is 11.8 Å². The Labute approximate surface area is 171 Å². The fourth-order valence-electron chi connectivity index (χ4n) is 3.68. The van der Waals surface area contributed by atoms with E-state index in [1.54, 1.807) is 4.90 Å². The van der Waals surface area contributed by atoms with Crippen LogP contribution in [0.15, 0.2) is 5.38 Å². The number of nitrogens with two attached hydrogens (primary N) is 1. The van der Waals surface area contributed by atoms with Gasteiger partial charge in [0.05, 0.1) is 12.1 Å². The zero-order valence-corrected chi connectivity index (χ0v) is 17.3. The molecule has 1 aliphatic heterocycles. The molecule has 0 spiro atoms. The predicted octanol–water partition coefficient (Wildman–Crippen LogP) is 2.68. The minimum absolute atomic E-state index is 0. The standard InChI is InChI=1S/C17H26N4O2S.2ClH/c18-10-14(12-5-2-1-3-6-12)20-15(22)9-13-11-24-17(19-13)21-8-4-7-16(21)23;;/h11-12,14H,1-10,18H2,(H,20,22);2*1H. The van der Waals surface area contributed by atoms with Crippen LogP contribution in [0, 0.1) is 5.92 Å². The summed E-state index contributed by atoms with van der Waals surface area (Å²) in [6, 6.07) is 0.0658. The normalized spacial score (nSPS) is 18.8. The van der Waals surface area contributed by atoms with Crippen LogP contribution < -0.4 is 16.0 Å². The summed E-state index contributed by atoms with van der Waals surface area (Å²) in [5.74, 6) is 0.599. The number of carbonyl (C=O) groups is 2. The highest BCUT2D eigenvalue weighted by atomic mass is 35.5. The summed E-state index contributed by atoms with van der Waals surface area (Å²) in [5, 5.41) is 5.68. The molecule has 3 rings (SSSR count). The quantitative estimate of drug-likeness (QED) is 0.737. The molecule has 1 saturated heterocycles. The molecule has 148 valence electrons. The van der Waals surface area contributed by atoms with E-state index in [0.717, 1.165) is 31.5 Å². The highest BCUT2D eigenvalue weighted by molar-refractivity contribution is 7.14. The first-order valence-electron chi connectivity index (χ1n) is 8.91. The van der Waals surface area contributed by atoms with Gasteiger partial charge in [-0.25, -0.2) is 4.98 Å². The monoisotopic (exact) mass is 422 g/mol. The van der Waals surface area contributed by atoms with Crippen molar-refractivity contribution in [2.75, 3.05) is 18.0 Å². The summed E-state index contributed by atoms with van der Waals surface area (Å²) < 4.78 is 0. The number of anilines is 1. The smallest absolute Gasteiger partial charge is 0.228 e. The van der Waals surface area contributed by atoms with E-state index in [1.165, 1.54) is 30.6 Å². The highest BCUT2D eigenvalue weighted by Gasteiger charge is 2.26. The van der Waals surface area contributed by atoms with E-state index in [2.05, 4.69) is 10.3 Å². The first kappa shape index (κ1) is 23.1. The lowest BCUT2D eigenvalue weighted by molar-refractivity contribution is -0.121. The molecule has 1 atom stereocenters. The Kier molecular flexibility index (Phi) is 9.85. The van der Waals surface area contributed by atoms with Crippen LogP contribution >= 0.6 is 36.2 Å². The van der Waals surface area contributed by atoms with Gasteiger partial charge in [-0.2, -0.15) is 0 Å². The fourth-order valence-corrected chi connectivity index (χ4v) is 4.55. The first-order valence-corrected chi connectivity index (χ1v) is 9.79. The van der Waals surface area contributed by atoms with Crippen LogP contribution in [0.3, 0.4) is 0 Å². The summed E-state index contributed by atoms with van der Waals surface area (Å²) >= 11 is 1.43. The van der Waals surface area contributed by atoms with E-state index in [1.807, 2.05) is 5.38 Å². The number of carbonyl (C=O) groups excluding carboxylic acids is 2. The number of thiazole rings is 1. The molecule has 0 aromatic carbocycles. The number of rotatable bonds is 6. The molecule has 0 radical (unpaired) electrons. The molecule has 1 aromatic heterocycles. The third kappa shape index (κ3) is 5.81. The minimum atomic E-state index is -0.0272. The zero-order valence-electron chi connectivity index (χ0n) is 14.8. The lowest BCUT2D eigenvalue weighted by Gasteiger charge is -2.30. The van der Waals surface area contributed by atoms with Crippen molar-refractivity contribution in [1.82, 2.24) is 10.3 Å². The van der Waals surface area contributed by atoms with Crippen molar-refractivity contribution in [2.24, 2.45) is 11.7 Å². The van der Waals surface area contributed by atoms with Gasteiger partial charge >= 0.3 is 0 Å². The van der Waals surface area contributed by atoms with Crippen LogP contribution in [0.5, 0.6) is 0 Å². The molecule has 3 N–H and O–H groups in total. The Balaban J connectivity index is 0.00000169. The predicted molar refractivity (Wildman–Crippen MR) is 109 cm³/mol. The molecule has 2 fully saturated rings. The largest absolute Gasteiger partial charge is 0.351 e. The fraction of sp³-hybridized carbons (Fsp3) is 0.706. The molecule has 2 aliphatic rings. The molecular formula is C17H28Cl2N4O2S. The maximum atomic E-state index is 12.3. The topological polar surface area (TPSA) is 88.3 Å². The molecule has 1 saturated carbocycles. The molecule has 6 nitrogen and oxygen atoms in total. The van der Waals surface area contributed by atoms with Crippen LogP contribution in [0.1, 0.15) is 50.6 Å². The number of aromatic nitrogens is 1. The van der Waals surface area contributed by atoms with E-state index < -0.39 is 0 Å². The molecule has 1 aliphatic carbocycles. The van der Waals surface area contributed by atoms with Crippen molar-refractivity contribution >= 4 is 53.1 Å². The van der Waals surface area contributed by atoms with Gasteiger partial charge in [-0.05, 0) is 25.2 Å². The summed E-state index contributed by atoms with van der Waals surface area (Å²) in [5.41, 5.74) is 6.60. The van der Waals surface area contributed by atoms with Crippen molar-refractivity contribution < 1.29 is 9.59 Å². The third-order valence-corrected chi connectivity index (χ3v) is 5.92. The van der Waals surface area contributed by atoms with Gasteiger partial charge in [-0.1, -0.05) is 19.3 Å². The average molecular weight is 423 g/mol. The third-order valence-electron chi connectivity index (χ3n) is 5.00. The van der Waals surface area contributed by atoms with Gasteiger partial charge in [-0.15, -0.1) is 36.2 Å². The number of nitrogens with zero attached hydrogens (tertiary/aromatic N) is 2. The van der Waals surface area contributed by atoms with E-state index in [4.69, 9.17) is 5.73 Å². The summed E-state index contributed by atoms with van der Waals surface area (Å²) in [6.45, 7) is 1.22. The maximum Gasteiger partial charge on any atom is 0.228 e. The van der Waals surface area contributed by atoms with Crippen molar-refractivity contribution in [3.05, 3.63) is 11.1 Å². The van der Waals surface area contributed by atoms with Gasteiger partial charge in [0.15, 0.2) is 5.13 Å². The molecule has 0 bridgehead atoms. The SMILES string of the molecule is Cl.Cl.NCC(NC(=O)Cc1csc(N2CCCC2=O)n1)C1CCCCC1. The van der Waals surface area contributed by atoms with Gasteiger partial charge in [0.25, 0.3) is 0 Å². The summed E-state index contributed by atoms with van der Waals surface area (Å²) in [6.07, 6.45) is 7.79. The van der Waals surface area contributed by atoms with Gasteiger partial charge in [-0.3, -0.25) is 14.5 Å². The molecule has 1 unspecified atom stereocenters. The summed E-state index contributed by atoms with van der Waals surface area (Å²) in [7, 11) is 0. The number of hydrogen-bond acceptors (Lipinski definition) is 5. The highest BCUT2D eigenvalue weighted by Crippen LogP contribution is 2.27. The van der Waals surface area contributed by atoms with Gasteiger partial charge < -0.3 is 11.1 Å². The molecule has 1 aromatic rings. The Bertz CT molecular complexity index is 593. The first-order chi connectivity index (χ1) is 11.7. The van der Waals surface area contributed by atoms with E-state index >= 15 is 0 Å². The number of hydrogen-bond donors (Lipinski definition) is 2. The second kappa shape index (κ2) is 11.1. The van der Waals surface area contributed by atoms with Crippen molar-refractivity contribution in [2.45, 2.75) is 57.4 Å². The average Bonchev–Trinajstić information content (AvgIpc) is 3.22. The van der Waals surface area contributed by atoms with Crippen LogP contribution in [-0.4, -0.2) is 35.9 Å². The molecule has 26 heavy (non-hydrogen) atoms. The van der Waals surface area contributed by atoms with Crippen LogP contribution in [0.4, 0.5) is 5.13 Å². The van der Waals surface area contributed by atoms with Crippen LogP contribution in [0.2, 0.25) is 0 Å². The van der Waals surface area contributed by atoms with E-state index in [0.29, 0.717) is 24.0 Å². The van der Waals surface area contributed by atoms with Crippen molar-refractivity contribution in [3.8, 4) is 0 Å². The zero-order chi connectivity index (χ0) is 16.9. The maximum absolute atomic E-state index is 12.3. The Morgan fingerprint density at radius 2 is 2.04 bits per heavy atom. The number of amides is 2. The molecular weight excluding hydrogens is 395 g/mol. The molecule has 9 heteroatoms. The van der Waals surface area contributed by atoms with Crippen molar-refractivity contribution in [1.29, 1.82) is 0 Å². The second-order valence-electron chi connectivity index (χ2n) is 6.75. The van der Waals surface area contributed by atoms with E-state index in [-0.39, 0.29) is 49.1 Å². The molecule has 2 amide bonds. The second-order valence-corrected chi connectivity index (χ2v) is 7.59.